The Morgan fingerprint density at radius 2 is 2.31 bits per heavy atom. The van der Waals surface area contributed by atoms with Gasteiger partial charge in [0.05, 0.1) is 11.3 Å². The van der Waals surface area contributed by atoms with Gasteiger partial charge >= 0.3 is 5.69 Å². The molecule has 0 radical (unpaired) electrons. The summed E-state index contributed by atoms with van der Waals surface area (Å²) < 4.78 is 0. The van der Waals surface area contributed by atoms with Crippen LogP contribution in [0.15, 0.2) is 12.5 Å². The maximum absolute atomic E-state index is 10.5. The molecule has 0 aliphatic carbocycles. The summed E-state index contributed by atoms with van der Waals surface area (Å²) in [6, 6.07) is 0. The number of aromatic amines is 1. The van der Waals surface area contributed by atoms with Gasteiger partial charge in [-0.05, 0) is 0 Å². The van der Waals surface area contributed by atoms with Gasteiger partial charge in [-0.25, -0.2) is 9.97 Å². The summed E-state index contributed by atoms with van der Waals surface area (Å²) >= 11 is 5.67. The van der Waals surface area contributed by atoms with Gasteiger partial charge < -0.3 is 4.98 Å². The second-order valence-electron chi connectivity index (χ2n) is 2.32. The van der Waals surface area contributed by atoms with Crippen molar-refractivity contribution < 1.29 is 4.92 Å². The van der Waals surface area contributed by atoms with Crippen molar-refractivity contribution in [1.82, 2.24) is 15.0 Å². The van der Waals surface area contributed by atoms with Gasteiger partial charge in [-0.2, -0.15) is 0 Å². The Labute approximate surface area is 76.7 Å². The fraction of sp³-hybridized carbons (Fsp3) is 0. The number of fused-ring (bicyclic) bond motifs is 1. The van der Waals surface area contributed by atoms with E-state index in [1.807, 2.05) is 0 Å². The third-order valence-electron chi connectivity index (χ3n) is 1.59. The molecule has 0 bridgehead atoms. The maximum Gasteiger partial charge on any atom is 0.315 e. The van der Waals surface area contributed by atoms with Gasteiger partial charge in [0.2, 0.25) is 0 Å². The molecule has 1 N–H and O–H groups in total. The van der Waals surface area contributed by atoms with Crippen LogP contribution >= 0.6 is 11.6 Å². The number of imidazole rings is 1. The smallest absolute Gasteiger partial charge is 0.315 e. The third kappa shape index (κ3) is 1.11. The molecule has 0 spiro atoms. The molecule has 0 saturated carbocycles. The lowest BCUT2D eigenvalue weighted by Gasteiger charge is -1.93. The number of nitrogens with one attached hydrogen (secondary N) is 1. The van der Waals surface area contributed by atoms with E-state index in [-0.39, 0.29) is 16.4 Å². The van der Waals surface area contributed by atoms with Crippen molar-refractivity contribution in [2.75, 3.05) is 0 Å². The molecule has 0 fully saturated rings. The summed E-state index contributed by atoms with van der Waals surface area (Å²) in [5, 5.41) is 10.7. The van der Waals surface area contributed by atoms with Crippen molar-refractivity contribution in [3.63, 3.8) is 0 Å². The Bertz CT molecular complexity index is 480. The van der Waals surface area contributed by atoms with E-state index in [1.54, 1.807) is 0 Å². The van der Waals surface area contributed by atoms with Crippen LogP contribution in [-0.2, 0) is 0 Å². The zero-order valence-corrected chi connectivity index (χ0v) is 6.95. The second-order valence-corrected chi connectivity index (χ2v) is 2.68. The van der Waals surface area contributed by atoms with Crippen LogP contribution in [0.4, 0.5) is 5.69 Å². The molecule has 0 aliphatic heterocycles. The van der Waals surface area contributed by atoms with E-state index < -0.39 is 4.92 Å². The molecule has 0 saturated heterocycles. The largest absolute Gasteiger partial charge is 0.342 e. The van der Waals surface area contributed by atoms with Gasteiger partial charge in [0.15, 0.2) is 10.7 Å². The Morgan fingerprint density at radius 1 is 1.54 bits per heavy atom. The number of nitro groups is 1. The van der Waals surface area contributed by atoms with Crippen LogP contribution in [-0.4, -0.2) is 19.9 Å². The summed E-state index contributed by atoms with van der Waals surface area (Å²) in [6.07, 6.45) is 2.43. The lowest BCUT2D eigenvalue weighted by Crippen LogP contribution is -1.91. The SMILES string of the molecule is O=[N+]([O-])c1cnc(Cl)c2[nH]cnc12. The van der Waals surface area contributed by atoms with E-state index in [9.17, 15) is 10.1 Å². The monoisotopic (exact) mass is 198 g/mol. The minimum atomic E-state index is -0.549. The number of halogens is 1. The molecule has 2 aromatic rings. The Morgan fingerprint density at radius 3 is 3.00 bits per heavy atom. The Balaban J connectivity index is 2.86. The minimum absolute atomic E-state index is 0.152. The maximum atomic E-state index is 10.5. The van der Waals surface area contributed by atoms with Crippen LogP contribution in [0.5, 0.6) is 0 Å². The van der Waals surface area contributed by atoms with E-state index in [0.29, 0.717) is 5.52 Å². The average Bonchev–Trinajstić information content (AvgIpc) is 2.53. The fourth-order valence-electron chi connectivity index (χ4n) is 1.02. The molecule has 66 valence electrons. The van der Waals surface area contributed by atoms with Crippen molar-refractivity contribution in [3.8, 4) is 0 Å². The molecular weight excluding hydrogens is 196 g/mol. The molecule has 0 unspecified atom stereocenters. The van der Waals surface area contributed by atoms with Crippen LogP contribution < -0.4 is 0 Å². The molecule has 6 nitrogen and oxygen atoms in total. The van der Waals surface area contributed by atoms with Gasteiger partial charge in [0.1, 0.15) is 11.7 Å². The standard InChI is InChI=1S/C6H3ClN4O2/c7-6-5-4(9-2-10-5)3(1-8-6)11(12)13/h1-2H,(H,9,10). The van der Waals surface area contributed by atoms with E-state index in [1.165, 1.54) is 6.33 Å². The Hall–Kier alpha value is -1.69. The Kier molecular flexibility index (Phi) is 1.63. The van der Waals surface area contributed by atoms with Gasteiger partial charge in [-0.15, -0.1) is 0 Å². The zero-order valence-electron chi connectivity index (χ0n) is 6.19. The van der Waals surface area contributed by atoms with Gasteiger partial charge in [-0.1, -0.05) is 11.6 Å². The average molecular weight is 199 g/mol. The molecule has 2 aromatic heterocycles. The van der Waals surface area contributed by atoms with E-state index in [0.717, 1.165) is 6.20 Å². The number of nitrogens with zero attached hydrogens (tertiary/aromatic N) is 3. The van der Waals surface area contributed by atoms with E-state index in [2.05, 4.69) is 15.0 Å². The normalized spacial score (nSPS) is 10.5. The lowest BCUT2D eigenvalue weighted by atomic mass is 10.3. The van der Waals surface area contributed by atoms with Crippen molar-refractivity contribution in [3.05, 3.63) is 27.8 Å². The first kappa shape index (κ1) is 7.93. The van der Waals surface area contributed by atoms with Gasteiger partial charge in [0.25, 0.3) is 0 Å². The number of hydrogen-bond acceptors (Lipinski definition) is 4. The highest BCUT2D eigenvalue weighted by Gasteiger charge is 2.16. The molecule has 0 aromatic carbocycles. The van der Waals surface area contributed by atoms with Gasteiger partial charge in [-0.3, -0.25) is 10.1 Å². The molecule has 0 aliphatic rings. The van der Waals surface area contributed by atoms with Crippen molar-refractivity contribution in [2.45, 2.75) is 0 Å². The predicted molar refractivity (Wildman–Crippen MR) is 45.6 cm³/mol. The number of H-pyrrole nitrogens is 1. The molecule has 2 heterocycles. The number of hydrogen-bond donors (Lipinski definition) is 1. The number of rotatable bonds is 1. The number of pyridine rings is 1. The summed E-state index contributed by atoms with van der Waals surface area (Å²) in [5.41, 5.74) is 0.460. The number of aromatic nitrogens is 3. The first-order valence-electron chi connectivity index (χ1n) is 3.32. The molecule has 7 heteroatoms. The lowest BCUT2D eigenvalue weighted by molar-refractivity contribution is -0.383. The second kappa shape index (κ2) is 2.67. The molecule has 0 amide bonds. The van der Waals surface area contributed by atoms with Crippen molar-refractivity contribution in [2.24, 2.45) is 0 Å². The fourth-order valence-corrected chi connectivity index (χ4v) is 1.22. The predicted octanol–water partition coefficient (Wildman–Crippen LogP) is 1.52. The topological polar surface area (TPSA) is 84.7 Å². The highest BCUT2D eigenvalue weighted by atomic mass is 35.5. The summed E-state index contributed by atoms with van der Waals surface area (Å²) in [5.74, 6) is 0. The molecule has 13 heavy (non-hydrogen) atoms. The van der Waals surface area contributed by atoms with Crippen LogP contribution in [0.1, 0.15) is 0 Å². The van der Waals surface area contributed by atoms with Crippen LogP contribution in [0, 0.1) is 10.1 Å². The van der Waals surface area contributed by atoms with Crippen molar-refractivity contribution >= 4 is 28.3 Å². The van der Waals surface area contributed by atoms with E-state index in [4.69, 9.17) is 11.6 Å². The zero-order chi connectivity index (χ0) is 9.42. The van der Waals surface area contributed by atoms with Crippen molar-refractivity contribution in [1.29, 1.82) is 0 Å². The minimum Gasteiger partial charge on any atom is -0.342 e. The summed E-state index contributed by atoms with van der Waals surface area (Å²) in [7, 11) is 0. The molecule has 0 atom stereocenters. The van der Waals surface area contributed by atoms with Crippen LogP contribution in [0.3, 0.4) is 0 Å². The molecular formula is C6H3ClN4O2. The van der Waals surface area contributed by atoms with Gasteiger partial charge in [0, 0.05) is 0 Å². The van der Waals surface area contributed by atoms with Crippen LogP contribution in [0.2, 0.25) is 5.15 Å². The first-order valence-corrected chi connectivity index (χ1v) is 3.70. The highest BCUT2D eigenvalue weighted by molar-refractivity contribution is 6.33. The molecule has 2 rings (SSSR count). The third-order valence-corrected chi connectivity index (χ3v) is 1.87. The van der Waals surface area contributed by atoms with E-state index >= 15 is 0 Å². The summed E-state index contributed by atoms with van der Waals surface area (Å²) in [4.78, 5) is 20.0. The quantitative estimate of drug-likeness (QED) is 0.428. The highest BCUT2D eigenvalue weighted by Crippen LogP contribution is 2.25. The first-order chi connectivity index (χ1) is 6.20. The summed E-state index contributed by atoms with van der Waals surface area (Å²) in [6.45, 7) is 0. The van der Waals surface area contributed by atoms with Crippen LogP contribution in [0.25, 0.3) is 11.0 Å².